The van der Waals surface area contributed by atoms with Gasteiger partial charge in [0.1, 0.15) is 6.29 Å². The maximum atomic E-state index is 9.80. The van der Waals surface area contributed by atoms with Crippen LogP contribution in [0.25, 0.3) is 0 Å². The molecule has 0 fully saturated rings. The van der Waals surface area contributed by atoms with Crippen LogP contribution < -0.4 is 0 Å². The maximum Gasteiger partial charge on any atom is 0.143 e. The first-order chi connectivity index (χ1) is 3.68. The van der Waals surface area contributed by atoms with Crippen LogP contribution in [0.2, 0.25) is 0 Å². The molecule has 0 rings (SSSR count). The van der Waals surface area contributed by atoms with E-state index in [0.29, 0.717) is 0 Å². The van der Waals surface area contributed by atoms with E-state index in [1.165, 1.54) is 6.08 Å². The first kappa shape index (κ1) is 7.15. The summed E-state index contributed by atoms with van der Waals surface area (Å²) in [5, 5.41) is 0. The van der Waals surface area contributed by atoms with Gasteiger partial charge in [-0.15, -0.1) is 0 Å². The summed E-state index contributed by atoms with van der Waals surface area (Å²) in [7, 11) is 0. The fourth-order valence-corrected chi connectivity index (χ4v) is 0.244. The lowest BCUT2D eigenvalue weighted by Gasteiger charge is -1.91. The maximum absolute atomic E-state index is 9.80. The van der Waals surface area contributed by atoms with E-state index in [9.17, 15) is 4.79 Å². The van der Waals surface area contributed by atoms with Crippen molar-refractivity contribution >= 4 is 6.29 Å². The number of hydrogen-bond donors (Lipinski definition) is 0. The average Bonchev–Trinajstić information content (AvgIpc) is 1.67. The Morgan fingerprint density at radius 3 is 2.12 bits per heavy atom. The Bertz CT molecular complexity index is 131. The monoisotopic (exact) mass is 110 g/mol. The van der Waals surface area contributed by atoms with Gasteiger partial charge in [-0.2, -0.15) is 0 Å². The number of carbonyl (C=O) groups excluding carboxylic acids is 1. The lowest BCUT2D eigenvalue weighted by atomic mass is 10.1. The van der Waals surface area contributed by atoms with Crippen molar-refractivity contribution in [1.29, 1.82) is 0 Å². The molecule has 0 aliphatic carbocycles. The number of carbonyl (C=O) groups is 1. The smallest absolute Gasteiger partial charge is 0.143 e. The zero-order chi connectivity index (χ0) is 6.57. The number of hydrogen-bond acceptors (Lipinski definition) is 1. The van der Waals surface area contributed by atoms with E-state index in [0.717, 1.165) is 17.4 Å². The molecule has 0 saturated heterocycles. The SMILES string of the molecule is C=C(C)C(C)=CC=O. The molecule has 0 unspecified atom stereocenters. The zero-order valence-corrected chi connectivity index (χ0v) is 5.27. The second-order valence-corrected chi connectivity index (χ2v) is 1.77. The van der Waals surface area contributed by atoms with Crippen molar-refractivity contribution in [2.24, 2.45) is 0 Å². The molecule has 0 radical (unpaired) electrons. The first-order valence-electron chi connectivity index (χ1n) is 2.46. The molecule has 0 aromatic carbocycles. The number of rotatable bonds is 2. The molecule has 0 N–H and O–H groups in total. The first-order valence-corrected chi connectivity index (χ1v) is 2.46. The van der Waals surface area contributed by atoms with Gasteiger partial charge in [0.25, 0.3) is 0 Å². The molecule has 0 amide bonds. The summed E-state index contributed by atoms with van der Waals surface area (Å²) in [4.78, 5) is 9.80. The second kappa shape index (κ2) is 3.19. The highest BCUT2D eigenvalue weighted by atomic mass is 16.1. The van der Waals surface area contributed by atoms with Crippen molar-refractivity contribution in [3.8, 4) is 0 Å². The summed E-state index contributed by atoms with van der Waals surface area (Å²) in [5.74, 6) is 0. The van der Waals surface area contributed by atoms with Gasteiger partial charge in [0, 0.05) is 0 Å². The summed E-state index contributed by atoms with van der Waals surface area (Å²) in [6, 6.07) is 0. The topological polar surface area (TPSA) is 17.1 Å². The molecule has 44 valence electrons. The van der Waals surface area contributed by atoms with E-state index >= 15 is 0 Å². The van der Waals surface area contributed by atoms with E-state index in [-0.39, 0.29) is 0 Å². The summed E-state index contributed by atoms with van der Waals surface area (Å²) in [6.45, 7) is 7.37. The van der Waals surface area contributed by atoms with Crippen molar-refractivity contribution in [2.45, 2.75) is 13.8 Å². The molecule has 0 aliphatic heterocycles. The Morgan fingerprint density at radius 2 is 2.00 bits per heavy atom. The van der Waals surface area contributed by atoms with Crippen molar-refractivity contribution < 1.29 is 4.79 Å². The molecule has 0 aliphatic rings. The Hall–Kier alpha value is -0.850. The molecule has 0 aromatic heterocycles. The fraction of sp³-hybridized carbons (Fsp3) is 0.286. The third-order valence-electron chi connectivity index (χ3n) is 0.991. The normalized spacial score (nSPS) is 11.0. The van der Waals surface area contributed by atoms with Crippen LogP contribution in [-0.2, 0) is 4.79 Å². The highest BCUT2D eigenvalue weighted by Crippen LogP contribution is 2.01. The Morgan fingerprint density at radius 1 is 1.50 bits per heavy atom. The Labute approximate surface area is 49.7 Å². The molecule has 1 heteroatoms. The second-order valence-electron chi connectivity index (χ2n) is 1.77. The van der Waals surface area contributed by atoms with Crippen molar-refractivity contribution in [3.63, 3.8) is 0 Å². The zero-order valence-electron chi connectivity index (χ0n) is 5.27. The lowest BCUT2D eigenvalue weighted by Crippen LogP contribution is -1.75. The molecule has 8 heavy (non-hydrogen) atoms. The van der Waals surface area contributed by atoms with Crippen LogP contribution in [0.4, 0.5) is 0 Å². The van der Waals surface area contributed by atoms with Gasteiger partial charge in [-0.25, -0.2) is 0 Å². The predicted octanol–water partition coefficient (Wildman–Crippen LogP) is 1.71. The van der Waals surface area contributed by atoms with Crippen molar-refractivity contribution in [1.82, 2.24) is 0 Å². The predicted molar refractivity (Wildman–Crippen MR) is 34.6 cm³/mol. The van der Waals surface area contributed by atoms with Crippen LogP contribution in [0.3, 0.4) is 0 Å². The molecule has 0 saturated carbocycles. The van der Waals surface area contributed by atoms with Crippen LogP contribution in [0.5, 0.6) is 0 Å². The van der Waals surface area contributed by atoms with Crippen LogP contribution in [0, 0.1) is 0 Å². The molecule has 0 aromatic rings. The average molecular weight is 110 g/mol. The third-order valence-corrected chi connectivity index (χ3v) is 0.991. The largest absolute Gasteiger partial charge is 0.299 e. The number of allylic oxidation sites excluding steroid dienone is 3. The van der Waals surface area contributed by atoms with E-state index in [2.05, 4.69) is 6.58 Å². The molecule has 0 atom stereocenters. The minimum absolute atomic E-state index is 0.768. The van der Waals surface area contributed by atoms with Gasteiger partial charge in [0.05, 0.1) is 0 Å². The summed E-state index contributed by atoms with van der Waals surface area (Å²) in [6.07, 6.45) is 2.27. The van der Waals surface area contributed by atoms with Crippen LogP contribution in [-0.4, -0.2) is 6.29 Å². The van der Waals surface area contributed by atoms with Gasteiger partial charge in [-0.1, -0.05) is 12.2 Å². The van der Waals surface area contributed by atoms with E-state index in [4.69, 9.17) is 0 Å². The summed E-state index contributed by atoms with van der Waals surface area (Å²) < 4.78 is 0. The molecular weight excluding hydrogens is 100 g/mol. The third kappa shape index (κ3) is 2.35. The summed E-state index contributed by atoms with van der Waals surface area (Å²) in [5.41, 5.74) is 1.89. The molecule has 0 bridgehead atoms. The van der Waals surface area contributed by atoms with Gasteiger partial charge < -0.3 is 0 Å². The fourth-order valence-electron chi connectivity index (χ4n) is 0.244. The molecular formula is C7H10O. The van der Waals surface area contributed by atoms with Gasteiger partial charge in [0.15, 0.2) is 0 Å². The minimum atomic E-state index is 0.768. The van der Waals surface area contributed by atoms with Gasteiger partial charge >= 0.3 is 0 Å². The molecule has 0 heterocycles. The van der Waals surface area contributed by atoms with E-state index in [1.54, 1.807) is 0 Å². The van der Waals surface area contributed by atoms with Gasteiger partial charge in [-0.3, -0.25) is 4.79 Å². The van der Waals surface area contributed by atoms with Gasteiger partial charge in [0.2, 0.25) is 0 Å². The van der Waals surface area contributed by atoms with Crippen molar-refractivity contribution in [3.05, 3.63) is 23.8 Å². The van der Waals surface area contributed by atoms with Gasteiger partial charge in [-0.05, 0) is 25.5 Å². The lowest BCUT2D eigenvalue weighted by molar-refractivity contribution is -0.104. The highest BCUT2D eigenvalue weighted by Gasteiger charge is 1.84. The van der Waals surface area contributed by atoms with Crippen LogP contribution in [0.1, 0.15) is 13.8 Å². The summed E-state index contributed by atoms with van der Waals surface area (Å²) >= 11 is 0. The standard InChI is InChI=1S/C7H10O/c1-6(2)7(3)4-5-8/h4-5H,1H2,2-3H3. The Balaban J connectivity index is 3.99. The minimum Gasteiger partial charge on any atom is -0.299 e. The van der Waals surface area contributed by atoms with Crippen molar-refractivity contribution in [2.75, 3.05) is 0 Å². The Kier molecular flexibility index (Phi) is 2.85. The van der Waals surface area contributed by atoms with Crippen LogP contribution in [0.15, 0.2) is 23.8 Å². The van der Waals surface area contributed by atoms with E-state index < -0.39 is 0 Å². The van der Waals surface area contributed by atoms with E-state index in [1.807, 2.05) is 13.8 Å². The molecule has 0 spiro atoms. The highest BCUT2D eigenvalue weighted by molar-refractivity contribution is 5.67. The number of aldehydes is 1. The molecule has 1 nitrogen and oxygen atoms in total. The van der Waals surface area contributed by atoms with Crippen LogP contribution >= 0.6 is 0 Å². The quantitative estimate of drug-likeness (QED) is 0.300.